The zero-order chi connectivity index (χ0) is 11.4. The maximum atomic E-state index is 5.97. The molecule has 0 saturated heterocycles. The van der Waals surface area contributed by atoms with Crippen molar-refractivity contribution in [3.8, 4) is 5.88 Å². The van der Waals surface area contributed by atoms with Crippen LogP contribution in [-0.2, 0) is 0 Å². The molecule has 1 saturated carbocycles. The molecule has 0 atom stereocenters. The monoisotopic (exact) mass is 219 g/mol. The standard InChI is InChI=1S/C12H17N3O/c1-16-11-7-6-10(8-14-11)15-12(13)9-4-2-3-5-9/h6-9H,2-5H2,1H3,(H2,13,15). The number of nitrogens with zero attached hydrogens (tertiary/aromatic N) is 2. The van der Waals surface area contributed by atoms with E-state index in [0.717, 1.165) is 11.5 Å². The van der Waals surface area contributed by atoms with Crippen molar-refractivity contribution in [3.05, 3.63) is 18.3 Å². The van der Waals surface area contributed by atoms with Gasteiger partial charge in [-0.25, -0.2) is 9.98 Å². The number of ether oxygens (including phenoxy) is 1. The highest BCUT2D eigenvalue weighted by molar-refractivity contribution is 5.85. The first-order valence-electron chi connectivity index (χ1n) is 5.63. The van der Waals surface area contributed by atoms with E-state index in [1.54, 1.807) is 19.4 Å². The van der Waals surface area contributed by atoms with Crippen LogP contribution in [0.3, 0.4) is 0 Å². The molecule has 1 heterocycles. The lowest BCUT2D eigenvalue weighted by molar-refractivity contribution is 0.398. The SMILES string of the molecule is COc1ccc(N=C(N)C2CCCC2)cn1. The first-order chi connectivity index (χ1) is 7.79. The first-order valence-corrected chi connectivity index (χ1v) is 5.63. The van der Waals surface area contributed by atoms with E-state index in [9.17, 15) is 0 Å². The molecule has 2 rings (SSSR count). The highest BCUT2D eigenvalue weighted by atomic mass is 16.5. The van der Waals surface area contributed by atoms with Gasteiger partial charge in [-0.05, 0) is 18.9 Å². The molecule has 1 aliphatic carbocycles. The van der Waals surface area contributed by atoms with Gasteiger partial charge in [-0.2, -0.15) is 0 Å². The van der Waals surface area contributed by atoms with E-state index in [0.29, 0.717) is 11.8 Å². The Morgan fingerprint density at radius 2 is 2.19 bits per heavy atom. The third-order valence-electron chi connectivity index (χ3n) is 2.96. The van der Waals surface area contributed by atoms with Crippen LogP contribution in [0.5, 0.6) is 5.88 Å². The summed E-state index contributed by atoms with van der Waals surface area (Å²) in [5.74, 6) is 1.80. The lowest BCUT2D eigenvalue weighted by Gasteiger charge is -2.07. The molecule has 0 amide bonds. The summed E-state index contributed by atoms with van der Waals surface area (Å²) in [6.45, 7) is 0. The van der Waals surface area contributed by atoms with Crippen LogP contribution in [0.4, 0.5) is 5.69 Å². The summed E-state index contributed by atoms with van der Waals surface area (Å²) in [5.41, 5.74) is 6.77. The smallest absolute Gasteiger partial charge is 0.213 e. The quantitative estimate of drug-likeness (QED) is 0.626. The van der Waals surface area contributed by atoms with Gasteiger partial charge in [0.05, 0.1) is 19.0 Å². The number of rotatable bonds is 3. The zero-order valence-electron chi connectivity index (χ0n) is 9.52. The minimum atomic E-state index is 0.460. The van der Waals surface area contributed by atoms with Crippen molar-refractivity contribution in [2.24, 2.45) is 16.6 Å². The third kappa shape index (κ3) is 2.51. The maximum absolute atomic E-state index is 5.97. The largest absolute Gasteiger partial charge is 0.481 e. The van der Waals surface area contributed by atoms with Gasteiger partial charge in [0.15, 0.2) is 0 Å². The number of hydrogen-bond acceptors (Lipinski definition) is 3. The van der Waals surface area contributed by atoms with Gasteiger partial charge in [0, 0.05) is 12.0 Å². The van der Waals surface area contributed by atoms with Crippen molar-refractivity contribution in [2.45, 2.75) is 25.7 Å². The van der Waals surface area contributed by atoms with Crippen LogP contribution in [0.15, 0.2) is 23.3 Å². The fraction of sp³-hybridized carbons (Fsp3) is 0.500. The van der Waals surface area contributed by atoms with Gasteiger partial charge >= 0.3 is 0 Å². The predicted molar refractivity (Wildman–Crippen MR) is 64.0 cm³/mol. The topological polar surface area (TPSA) is 60.5 Å². The average Bonchev–Trinajstić information content (AvgIpc) is 2.83. The lowest BCUT2D eigenvalue weighted by Crippen LogP contribution is -2.20. The van der Waals surface area contributed by atoms with E-state index in [4.69, 9.17) is 10.5 Å². The number of methoxy groups -OCH3 is 1. The molecular weight excluding hydrogens is 202 g/mol. The minimum Gasteiger partial charge on any atom is -0.481 e. The molecular formula is C12H17N3O. The van der Waals surface area contributed by atoms with Gasteiger partial charge in [0.25, 0.3) is 0 Å². The molecule has 1 aromatic rings. The molecule has 4 nitrogen and oxygen atoms in total. The van der Waals surface area contributed by atoms with Crippen LogP contribution in [0.25, 0.3) is 0 Å². The summed E-state index contributed by atoms with van der Waals surface area (Å²) < 4.78 is 4.98. The number of nitrogens with two attached hydrogens (primary N) is 1. The molecule has 0 aromatic carbocycles. The van der Waals surface area contributed by atoms with E-state index in [1.807, 2.05) is 6.07 Å². The van der Waals surface area contributed by atoms with Crippen LogP contribution in [0.2, 0.25) is 0 Å². The highest BCUT2D eigenvalue weighted by Crippen LogP contribution is 2.26. The highest BCUT2D eigenvalue weighted by Gasteiger charge is 2.18. The Morgan fingerprint density at radius 1 is 1.44 bits per heavy atom. The normalized spacial score (nSPS) is 17.7. The van der Waals surface area contributed by atoms with Gasteiger partial charge in [-0.1, -0.05) is 12.8 Å². The molecule has 1 aromatic heterocycles. The second kappa shape index (κ2) is 4.96. The lowest BCUT2D eigenvalue weighted by atomic mass is 10.1. The van der Waals surface area contributed by atoms with E-state index >= 15 is 0 Å². The van der Waals surface area contributed by atoms with Crippen molar-refractivity contribution in [2.75, 3.05) is 7.11 Å². The van der Waals surface area contributed by atoms with Gasteiger partial charge in [-0.15, -0.1) is 0 Å². The Balaban J connectivity index is 2.08. The molecule has 0 spiro atoms. The maximum Gasteiger partial charge on any atom is 0.213 e. The number of amidine groups is 1. The second-order valence-corrected chi connectivity index (χ2v) is 4.08. The third-order valence-corrected chi connectivity index (χ3v) is 2.96. The van der Waals surface area contributed by atoms with E-state index in [1.165, 1.54) is 25.7 Å². The Labute approximate surface area is 95.5 Å². The Kier molecular flexibility index (Phi) is 3.39. The molecule has 4 heteroatoms. The fourth-order valence-corrected chi connectivity index (χ4v) is 2.02. The van der Waals surface area contributed by atoms with Crippen molar-refractivity contribution < 1.29 is 4.74 Å². The van der Waals surface area contributed by atoms with Crippen LogP contribution in [0, 0.1) is 5.92 Å². The van der Waals surface area contributed by atoms with Crippen molar-refractivity contribution in [1.82, 2.24) is 4.98 Å². The molecule has 16 heavy (non-hydrogen) atoms. The Morgan fingerprint density at radius 3 is 2.75 bits per heavy atom. The summed E-state index contributed by atoms with van der Waals surface area (Å²) in [6, 6.07) is 3.66. The predicted octanol–water partition coefficient (Wildman–Crippen LogP) is 2.27. The van der Waals surface area contributed by atoms with Crippen LogP contribution < -0.4 is 10.5 Å². The molecule has 2 N–H and O–H groups in total. The van der Waals surface area contributed by atoms with Crippen LogP contribution >= 0.6 is 0 Å². The number of pyridine rings is 1. The van der Waals surface area contributed by atoms with Gasteiger partial charge in [0.2, 0.25) is 5.88 Å². The molecule has 1 fully saturated rings. The van der Waals surface area contributed by atoms with Crippen molar-refractivity contribution in [3.63, 3.8) is 0 Å². The minimum absolute atomic E-state index is 0.460. The number of aromatic nitrogens is 1. The van der Waals surface area contributed by atoms with Crippen LogP contribution in [0.1, 0.15) is 25.7 Å². The average molecular weight is 219 g/mol. The van der Waals surface area contributed by atoms with E-state index in [-0.39, 0.29) is 0 Å². The van der Waals surface area contributed by atoms with Crippen LogP contribution in [-0.4, -0.2) is 17.9 Å². The summed E-state index contributed by atoms with van der Waals surface area (Å²) in [4.78, 5) is 8.48. The molecule has 1 aliphatic rings. The fourth-order valence-electron chi connectivity index (χ4n) is 2.02. The van der Waals surface area contributed by atoms with Crippen molar-refractivity contribution in [1.29, 1.82) is 0 Å². The second-order valence-electron chi connectivity index (χ2n) is 4.08. The molecule has 86 valence electrons. The molecule has 0 radical (unpaired) electrons. The number of hydrogen-bond donors (Lipinski definition) is 1. The summed E-state index contributed by atoms with van der Waals surface area (Å²) >= 11 is 0. The van der Waals surface area contributed by atoms with Crippen molar-refractivity contribution >= 4 is 11.5 Å². The van der Waals surface area contributed by atoms with E-state index in [2.05, 4.69) is 9.98 Å². The summed E-state index contributed by atoms with van der Waals surface area (Å²) in [5, 5.41) is 0. The van der Waals surface area contributed by atoms with Gasteiger partial charge < -0.3 is 10.5 Å². The summed E-state index contributed by atoms with van der Waals surface area (Å²) in [6.07, 6.45) is 6.54. The molecule has 0 aliphatic heterocycles. The molecule has 0 bridgehead atoms. The Hall–Kier alpha value is -1.58. The van der Waals surface area contributed by atoms with E-state index < -0.39 is 0 Å². The summed E-state index contributed by atoms with van der Waals surface area (Å²) in [7, 11) is 1.60. The van der Waals surface area contributed by atoms with Gasteiger partial charge in [-0.3, -0.25) is 0 Å². The Bertz CT molecular complexity index is 366. The van der Waals surface area contributed by atoms with Gasteiger partial charge in [0.1, 0.15) is 5.84 Å². The molecule has 0 unspecified atom stereocenters. The first kappa shape index (κ1) is 10.9. The number of aliphatic imine (C=N–C) groups is 1. The zero-order valence-corrected chi connectivity index (χ0v) is 9.52.